The van der Waals surface area contributed by atoms with Gasteiger partial charge in [0.15, 0.2) is 9.84 Å². The lowest BCUT2D eigenvalue weighted by Gasteiger charge is -2.04. The van der Waals surface area contributed by atoms with Crippen molar-refractivity contribution in [3.05, 3.63) is 52.3 Å². The molecule has 1 fully saturated rings. The van der Waals surface area contributed by atoms with Crippen molar-refractivity contribution in [3.8, 4) is 11.3 Å². The molecule has 3 rings (SSSR count). The van der Waals surface area contributed by atoms with E-state index in [2.05, 4.69) is 10.5 Å². The molecule has 0 aliphatic carbocycles. The van der Waals surface area contributed by atoms with Crippen molar-refractivity contribution in [2.75, 3.05) is 11.5 Å². The number of rotatable bonds is 6. The molecular weight excluding hydrogens is 374 g/mol. The van der Waals surface area contributed by atoms with Gasteiger partial charge >= 0.3 is 0 Å². The second-order valence-corrected chi connectivity index (χ2v) is 8.50. The molecule has 0 spiro atoms. The Hall–Kier alpha value is -3.01. The van der Waals surface area contributed by atoms with E-state index in [4.69, 9.17) is 4.42 Å². The molecule has 0 saturated carbocycles. The summed E-state index contributed by atoms with van der Waals surface area (Å²) in [7, 11) is -3.01. The molecule has 1 amide bonds. The zero-order valence-electron chi connectivity index (χ0n) is 14.2. The largest absolute Gasteiger partial charge is 0.455 e. The summed E-state index contributed by atoms with van der Waals surface area (Å²) in [5.41, 5.74) is 3.02. The molecule has 27 heavy (non-hydrogen) atoms. The molecule has 1 aromatic carbocycles. The van der Waals surface area contributed by atoms with E-state index >= 15 is 0 Å². The number of carbonyl (C=O) groups excluding carboxylic acids is 1. The maximum absolute atomic E-state index is 11.8. The third-order valence-corrected chi connectivity index (χ3v) is 6.01. The molecule has 142 valence electrons. The Labute approximate surface area is 155 Å². The molecule has 1 aromatic heterocycles. The van der Waals surface area contributed by atoms with E-state index < -0.39 is 14.8 Å². The van der Waals surface area contributed by atoms with Crippen molar-refractivity contribution in [1.82, 2.24) is 5.43 Å². The van der Waals surface area contributed by atoms with Crippen LogP contribution in [0.1, 0.15) is 18.6 Å². The second kappa shape index (κ2) is 7.70. The Morgan fingerprint density at radius 1 is 1.30 bits per heavy atom. The number of nitro benzene ring substituents is 1. The van der Waals surface area contributed by atoms with Crippen LogP contribution in [0.15, 0.2) is 45.9 Å². The highest BCUT2D eigenvalue weighted by atomic mass is 32.2. The highest BCUT2D eigenvalue weighted by Crippen LogP contribution is 2.24. The van der Waals surface area contributed by atoms with Crippen LogP contribution in [0.5, 0.6) is 0 Å². The fraction of sp³-hybridized carbons (Fsp3) is 0.294. The predicted octanol–water partition coefficient (Wildman–Crippen LogP) is 2.13. The molecule has 2 heterocycles. The standard InChI is InChI=1S/C17H17N3O6S/c21-17(9-12-7-8-27(24,25)11-12)19-18-10-15-5-6-16(26-15)13-1-3-14(4-2-13)20(22)23/h1-6,10,12H,7-9,11H2,(H,19,21)/b18-10-/t12-/m0/s1. The van der Waals surface area contributed by atoms with Crippen molar-refractivity contribution in [2.24, 2.45) is 11.0 Å². The lowest BCUT2D eigenvalue weighted by atomic mass is 10.1. The fourth-order valence-corrected chi connectivity index (χ4v) is 4.70. The van der Waals surface area contributed by atoms with Gasteiger partial charge in [0.05, 0.1) is 22.6 Å². The third kappa shape index (κ3) is 5.00. The first-order valence-corrected chi connectivity index (χ1v) is 10.0. The highest BCUT2D eigenvalue weighted by Gasteiger charge is 2.29. The Balaban J connectivity index is 1.54. The van der Waals surface area contributed by atoms with Gasteiger partial charge < -0.3 is 4.42 Å². The number of nitrogens with zero attached hydrogens (tertiary/aromatic N) is 2. The van der Waals surface area contributed by atoms with Crippen LogP contribution in [0.4, 0.5) is 5.69 Å². The number of sulfone groups is 1. The summed E-state index contributed by atoms with van der Waals surface area (Å²) in [6, 6.07) is 9.26. The SMILES string of the molecule is O=C(C[C@@H]1CCS(=O)(=O)C1)N/N=C\c1ccc(-c2ccc([N+](=O)[O-])cc2)o1. The van der Waals surface area contributed by atoms with Gasteiger partial charge in [0.1, 0.15) is 11.5 Å². The van der Waals surface area contributed by atoms with Crippen LogP contribution in [0.25, 0.3) is 11.3 Å². The summed E-state index contributed by atoms with van der Waals surface area (Å²) in [5, 5.41) is 14.5. The number of hydrogen-bond donors (Lipinski definition) is 1. The number of non-ortho nitro benzene ring substituents is 1. The zero-order valence-corrected chi connectivity index (χ0v) is 15.0. The summed E-state index contributed by atoms with van der Waals surface area (Å²) in [4.78, 5) is 22.0. The molecule has 10 heteroatoms. The van der Waals surface area contributed by atoms with Crippen molar-refractivity contribution >= 4 is 27.6 Å². The lowest BCUT2D eigenvalue weighted by Crippen LogP contribution is -2.21. The highest BCUT2D eigenvalue weighted by molar-refractivity contribution is 7.91. The average molecular weight is 391 g/mol. The van der Waals surface area contributed by atoms with Crippen LogP contribution in [0, 0.1) is 16.0 Å². The quantitative estimate of drug-likeness (QED) is 0.456. The molecule has 1 saturated heterocycles. The van der Waals surface area contributed by atoms with E-state index in [0.29, 0.717) is 23.5 Å². The minimum Gasteiger partial charge on any atom is -0.455 e. The summed E-state index contributed by atoms with van der Waals surface area (Å²) in [5.74, 6) is 0.562. The lowest BCUT2D eigenvalue weighted by molar-refractivity contribution is -0.384. The molecule has 1 aliphatic rings. The first kappa shape index (κ1) is 18.8. The molecule has 0 radical (unpaired) electrons. The molecule has 1 aliphatic heterocycles. The van der Waals surface area contributed by atoms with Gasteiger partial charge in [-0.05, 0) is 36.6 Å². The Bertz CT molecular complexity index is 978. The van der Waals surface area contributed by atoms with Crippen LogP contribution in [0.3, 0.4) is 0 Å². The van der Waals surface area contributed by atoms with Crippen molar-refractivity contribution in [1.29, 1.82) is 0 Å². The van der Waals surface area contributed by atoms with E-state index in [9.17, 15) is 23.3 Å². The summed E-state index contributed by atoms with van der Waals surface area (Å²) in [6.45, 7) is 0. The Morgan fingerprint density at radius 2 is 2.04 bits per heavy atom. The molecular formula is C17H17N3O6S. The minimum atomic E-state index is -3.01. The maximum Gasteiger partial charge on any atom is 0.269 e. The van der Waals surface area contributed by atoms with E-state index in [-0.39, 0.29) is 35.4 Å². The molecule has 0 bridgehead atoms. The van der Waals surface area contributed by atoms with Crippen molar-refractivity contribution in [2.45, 2.75) is 12.8 Å². The van der Waals surface area contributed by atoms with E-state index in [1.807, 2.05) is 0 Å². The number of nitrogens with one attached hydrogen (secondary N) is 1. The third-order valence-electron chi connectivity index (χ3n) is 4.17. The number of benzene rings is 1. The van der Waals surface area contributed by atoms with Crippen LogP contribution in [0.2, 0.25) is 0 Å². The van der Waals surface area contributed by atoms with Crippen LogP contribution in [-0.2, 0) is 14.6 Å². The Morgan fingerprint density at radius 3 is 2.67 bits per heavy atom. The van der Waals surface area contributed by atoms with Crippen molar-refractivity contribution in [3.63, 3.8) is 0 Å². The number of hydrogen-bond acceptors (Lipinski definition) is 7. The monoisotopic (exact) mass is 391 g/mol. The Kier molecular flexibility index (Phi) is 5.36. The number of carbonyl (C=O) groups is 1. The fourth-order valence-electron chi connectivity index (χ4n) is 2.83. The maximum atomic E-state index is 11.8. The smallest absolute Gasteiger partial charge is 0.269 e. The van der Waals surface area contributed by atoms with Gasteiger partial charge in [0.2, 0.25) is 5.91 Å². The molecule has 0 unspecified atom stereocenters. The first-order valence-electron chi connectivity index (χ1n) is 8.19. The van der Waals surface area contributed by atoms with Gasteiger partial charge in [-0.2, -0.15) is 5.10 Å². The first-order chi connectivity index (χ1) is 12.8. The van der Waals surface area contributed by atoms with Crippen LogP contribution in [-0.4, -0.2) is 37.0 Å². The average Bonchev–Trinajstić information content (AvgIpc) is 3.21. The number of amides is 1. The number of nitro groups is 1. The van der Waals surface area contributed by atoms with Crippen LogP contribution >= 0.6 is 0 Å². The van der Waals surface area contributed by atoms with Gasteiger partial charge in [-0.15, -0.1) is 0 Å². The number of hydrazone groups is 1. The molecule has 2 aromatic rings. The summed E-state index contributed by atoms with van der Waals surface area (Å²) < 4.78 is 28.3. The molecule has 9 nitrogen and oxygen atoms in total. The minimum absolute atomic E-state index is 0.00938. The molecule has 1 N–H and O–H groups in total. The summed E-state index contributed by atoms with van der Waals surface area (Å²) in [6.07, 6.45) is 1.94. The topological polar surface area (TPSA) is 132 Å². The van der Waals surface area contributed by atoms with Gasteiger partial charge in [0, 0.05) is 24.1 Å². The van der Waals surface area contributed by atoms with E-state index in [1.54, 1.807) is 24.3 Å². The normalized spacial score (nSPS) is 18.6. The van der Waals surface area contributed by atoms with Gasteiger partial charge in [-0.25, -0.2) is 13.8 Å². The van der Waals surface area contributed by atoms with E-state index in [0.717, 1.165) is 0 Å². The van der Waals surface area contributed by atoms with Gasteiger partial charge in [-0.1, -0.05) is 0 Å². The zero-order chi connectivity index (χ0) is 19.4. The number of furan rings is 1. The van der Waals surface area contributed by atoms with Crippen molar-refractivity contribution < 1.29 is 22.6 Å². The predicted molar refractivity (Wildman–Crippen MR) is 97.9 cm³/mol. The molecule has 1 atom stereocenters. The summed E-state index contributed by atoms with van der Waals surface area (Å²) >= 11 is 0. The van der Waals surface area contributed by atoms with Gasteiger partial charge in [-0.3, -0.25) is 14.9 Å². The van der Waals surface area contributed by atoms with Gasteiger partial charge in [0.25, 0.3) is 5.69 Å². The second-order valence-electron chi connectivity index (χ2n) is 6.27. The van der Waals surface area contributed by atoms with E-state index in [1.165, 1.54) is 18.3 Å². The van der Waals surface area contributed by atoms with Crippen LogP contribution < -0.4 is 5.43 Å².